The van der Waals surface area contributed by atoms with E-state index in [-0.39, 0.29) is 23.6 Å². The van der Waals surface area contributed by atoms with Gasteiger partial charge in [-0.05, 0) is 12.1 Å². The van der Waals surface area contributed by atoms with Crippen molar-refractivity contribution in [3.8, 4) is 0 Å². The van der Waals surface area contributed by atoms with E-state index >= 15 is 0 Å². The molecule has 1 amide bonds. The molecule has 0 spiro atoms. The molecule has 3 nitrogen and oxygen atoms in total. The summed E-state index contributed by atoms with van der Waals surface area (Å²) in [5, 5.41) is 1.72. The maximum atomic E-state index is 11.7. The number of para-hydroxylation sites is 1. The van der Waals surface area contributed by atoms with Crippen LogP contribution in [0.2, 0.25) is 0 Å². The van der Waals surface area contributed by atoms with Gasteiger partial charge in [0.1, 0.15) is 0 Å². The van der Waals surface area contributed by atoms with E-state index in [1.807, 2.05) is 0 Å². The SMILES string of the molecule is Cl.O.O=C(Nc1ccccc1)C(F)(F)F. The van der Waals surface area contributed by atoms with Crippen LogP contribution >= 0.6 is 12.4 Å². The van der Waals surface area contributed by atoms with Crippen LogP contribution in [0.4, 0.5) is 18.9 Å². The lowest BCUT2D eigenvalue weighted by Crippen LogP contribution is -2.29. The second kappa shape index (κ2) is 6.26. The van der Waals surface area contributed by atoms with Gasteiger partial charge < -0.3 is 10.8 Å². The molecule has 0 atom stereocenters. The largest absolute Gasteiger partial charge is 0.471 e. The molecule has 0 aromatic heterocycles. The van der Waals surface area contributed by atoms with E-state index in [9.17, 15) is 18.0 Å². The van der Waals surface area contributed by atoms with E-state index in [4.69, 9.17) is 0 Å². The minimum absolute atomic E-state index is 0. The van der Waals surface area contributed by atoms with Gasteiger partial charge in [-0.3, -0.25) is 4.79 Å². The number of benzene rings is 1. The molecule has 1 aromatic carbocycles. The molecule has 0 aliphatic rings. The molecule has 1 rings (SSSR count). The average Bonchev–Trinajstić information content (AvgIpc) is 2.04. The van der Waals surface area contributed by atoms with Crippen molar-refractivity contribution < 1.29 is 23.4 Å². The van der Waals surface area contributed by atoms with Crippen molar-refractivity contribution in [1.29, 1.82) is 0 Å². The van der Waals surface area contributed by atoms with Crippen LogP contribution in [0.5, 0.6) is 0 Å². The highest BCUT2D eigenvalue weighted by Gasteiger charge is 2.38. The maximum absolute atomic E-state index is 11.7. The highest BCUT2D eigenvalue weighted by atomic mass is 35.5. The fourth-order valence-electron chi connectivity index (χ4n) is 0.723. The smallest absolute Gasteiger partial charge is 0.412 e. The zero-order chi connectivity index (χ0) is 9.90. The van der Waals surface area contributed by atoms with E-state index in [1.54, 1.807) is 11.4 Å². The normalized spacial score (nSPS) is 9.53. The third-order valence-electron chi connectivity index (χ3n) is 1.29. The van der Waals surface area contributed by atoms with Crippen LogP contribution in [0.15, 0.2) is 30.3 Å². The highest BCUT2D eigenvalue weighted by molar-refractivity contribution is 5.94. The Morgan fingerprint density at radius 2 is 1.60 bits per heavy atom. The van der Waals surface area contributed by atoms with Gasteiger partial charge >= 0.3 is 12.1 Å². The summed E-state index contributed by atoms with van der Waals surface area (Å²) in [6, 6.07) is 7.47. The van der Waals surface area contributed by atoms with Gasteiger partial charge in [0.25, 0.3) is 0 Å². The van der Waals surface area contributed by atoms with Crippen LogP contribution in [0.1, 0.15) is 0 Å². The minimum Gasteiger partial charge on any atom is -0.412 e. The quantitative estimate of drug-likeness (QED) is 0.803. The second-order valence-corrected chi connectivity index (χ2v) is 2.32. The van der Waals surface area contributed by atoms with Crippen molar-refractivity contribution in [2.45, 2.75) is 6.18 Å². The average molecular weight is 244 g/mol. The molecular weight excluding hydrogens is 235 g/mol. The maximum Gasteiger partial charge on any atom is 0.471 e. The molecule has 86 valence electrons. The number of alkyl halides is 3. The Morgan fingerprint density at radius 1 is 1.13 bits per heavy atom. The van der Waals surface area contributed by atoms with E-state index < -0.39 is 12.1 Å². The molecule has 1 aromatic rings. The molecule has 0 bridgehead atoms. The molecule has 3 N–H and O–H groups in total. The fourth-order valence-corrected chi connectivity index (χ4v) is 0.723. The van der Waals surface area contributed by atoms with Gasteiger partial charge in [0, 0.05) is 5.69 Å². The Kier molecular flexibility index (Phi) is 6.75. The lowest BCUT2D eigenvalue weighted by Gasteiger charge is -2.06. The van der Waals surface area contributed by atoms with Gasteiger partial charge in [0.2, 0.25) is 0 Å². The summed E-state index contributed by atoms with van der Waals surface area (Å²) >= 11 is 0. The monoisotopic (exact) mass is 243 g/mol. The molecule has 0 fully saturated rings. The van der Waals surface area contributed by atoms with Crippen LogP contribution in [0.25, 0.3) is 0 Å². The van der Waals surface area contributed by atoms with Crippen molar-refractivity contribution in [2.24, 2.45) is 0 Å². The Morgan fingerprint density at radius 3 is 2.00 bits per heavy atom. The van der Waals surface area contributed by atoms with Crippen LogP contribution in [0, 0.1) is 0 Å². The molecule has 7 heteroatoms. The second-order valence-electron chi connectivity index (χ2n) is 2.32. The van der Waals surface area contributed by atoms with Crippen molar-refractivity contribution in [3.63, 3.8) is 0 Å². The molecule has 0 saturated carbocycles. The zero-order valence-corrected chi connectivity index (χ0v) is 8.15. The number of amides is 1. The number of hydrogen-bond acceptors (Lipinski definition) is 1. The predicted molar refractivity (Wildman–Crippen MR) is 52.0 cm³/mol. The number of hydrogen-bond donors (Lipinski definition) is 1. The minimum atomic E-state index is -4.84. The molecular formula is C8H9ClF3NO2. The number of carbonyl (C=O) groups is 1. The summed E-state index contributed by atoms with van der Waals surface area (Å²) in [6.45, 7) is 0. The van der Waals surface area contributed by atoms with Gasteiger partial charge in [0.05, 0.1) is 0 Å². The fraction of sp³-hybridized carbons (Fsp3) is 0.125. The Hall–Kier alpha value is -1.27. The topological polar surface area (TPSA) is 60.6 Å². The van der Waals surface area contributed by atoms with Crippen molar-refractivity contribution in [2.75, 3.05) is 5.32 Å². The standard InChI is InChI=1S/C8H6F3NO.ClH.H2O/c9-8(10,11)7(13)12-6-4-2-1-3-5-6;;/h1-5H,(H,12,13);1H;1H2. The van der Waals surface area contributed by atoms with Crippen molar-refractivity contribution in [1.82, 2.24) is 0 Å². The Balaban J connectivity index is 0. The molecule has 0 aliphatic heterocycles. The van der Waals surface area contributed by atoms with Crippen LogP contribution in [-0.2, 0) is 4.79 Å². The summed E-state index contributed by atoms with van der Waals surface area (Å²) in [5.41, 5.74) is 0.129. The van der Waals surface area contributed by atoms with E-state index in [0.29, 0.717) is 0 Å². The molecule has 0 radical (unpaired) electrons. The third kappa shape index (κ3) is 5.24. The Bertz CT molecular complexity index is 303. The summed E-state index contributed by atoms with van der Waals surface area (Å²) < 4.78 is 35.2. The van der Waals surface area contributed by atoms with Crippen LogP contribution in [-0.4, -0.2) is 17.6 Å². The van der Waals surface area contributed by atoms with Crippen molar-refractivity contribution in [3.05, 3.63) is 30.3 Å². The number of rotatable bonds is 1. The van der Waals surface area contributed by atoms with Crippen molar-refractivity contribution >= 4 is 24.0 Å². The van der Waals surface area contributed by atoms with E-state index in [2.05, 4.69) is 0 Å². The lowest BCUT2D eigenvalue weighted by atomic mass is 10.3. The highest BCUT2D eigenvalue weighted by Crippen LogP contribution is 2.17. The van der Waals surface area contributed by atoms with Gasteiger partial charge in [-0.1, -0.05) is 18.2 Å². The summed E-state index contributed by atoms with van der Waals surface area (Å²) in [6.07, 6.45) is -4.84. The molecule has 0 saturated heterocycles. The summed E-state index contributed by atoms with van der Waals surface area (Å²) in [7, 11) is 0. The Labute approximate surface area is 90.0 Å². The van der Waals surface area contributed by atoms with Gasteiger partial charge in [0.15, 0.2) is 0 Å². The first-order valence-electron chi connectivity index (χ1n) is 3.43. The number of nitrogens with one attached hydrogen (secondary N) is 1. The van der Waals surface area contributed by atoms with Gasteiger partial charge in [-0.15, -0.1) is 12.4 Å². The van der Waals surface area contributed by atoms with Gasteiger partial charge in [-0.25, -0.2) is 0 Å². The molecule has 0 heterocycles. The van der Waals surface area contributed by atoms with Crippen LogP contribution < -0.4 is 5.32 Å². The molecule has 0 aliphatic carbocycles. The lowest BCUT2D eigenvalue weighted by molar-refractivity contribution is -0.167. The molecule has 0 unspecified atom stereocenters. The zero-order valence-electron chi connectivity index (χ0n) is 7.34. The predicted octanol–water partition coefficient (Wildman–Crippen LogP) is 1.78. The summed E-state index contributed by atoms with van der Waals surface area (Å²) in [4.78, 5) is 10.4. The first-order valence-corrected chi connectivity index (χ1v) is 3.43. The van der Waals surface area contributed by atoms with Crippen LogP contribution in [0.3, 0.4) is 0 Å². The first kappa shape index (κ1) is 16.2. The number of halogens is 4. The van der Waals surface area contributed by atoms with E-state index in [0.717, 1.165) is 0 Å². The molecule has 15 heavy (non-hydrogen) atoms. The summed E-state index contributed by atoms with van der Waals surface area (Å²) in [5.74, 6) is -1.96. The first-order chi connectivity index (χ1) is 6.00. The number of anilines is 1. The number of carbonyl (C=O) groups excluding carboxylic acids is 1. The van der Waals surface area contributed by atoms with E-state index in [1.165, 1.54) is 24.3 Å². The third-order valence-corrected chi connectivity index (χ3v) is 1.29. The van der Waals surface area contributed by atoms with Gasteiger partial charge in [-0.2, -0.15) is 13.2 Å².